The van der Waals surface area contributed by atoms with Gasteiger partial charge in [0.05, 0.1) is 6.67 Å². The van der Waals surface area contributed by atoms with E-state index in [-0.39, 0.29) is 17.5 Å². The summed E-state index contributed by atoms with van der Waals surface area (Å²) in [6, 6.07) is 10.4. The quantitative estimate of drug-likeness (QED) is 0.774. The first-order chi connectivity index (χ1) is 15.1. The number of benzene rings is 1. The minimum Gasteiger partial charge on any atom is -0.384 e. The summed E-state index contributed by atoms with van der Waals surface area (Å²) in [5, 5.41) is 15.0. The van der Waals surface area contributed by atoms with Crippen LogP contribution in [0, 0.1) is 5.92 Å². The molecule has 5 nitrogen and oxygen atoms in total. The standard InChI is InChI=1S/C26H39N3O2/c30-24-25(29(20-27-24)19-21-9-3-1-4-10-21)15-17-28(18-16-25)23-13-7-8-14-26(23,31)22-11-5-2-6-12-22/h2,5-6,11-12,21,23,31H,1,3-4,7-10,13-20H2,(H,27,30). The molecule has 2 aliphatic heterocycles. The van der Waals surface area contributed by atoms with E-state index in [1.807, 2.05) is 18.2 Å². The molecular formula is C26H39N3O2. The predicted molar refractivity (Wildman–Crippen MR) is 122 cm³/mol. The normalized spacial score (nSPS) is 32.9. The van der Waals surface area contributed by atoms with E-state index in [2.05, 4.69) is 27.2 Å². The Morgan fingerprint density at radius 3 is 2.39 bits per heavy atom. The van der Waals surface area contributed by atoms with Crippen molar-refractivity contribution in [3.63, 3.8) is 0 Å². The van der Waals surface area contributed by atoms with E-state index < -0.39 is 5.60 Å². The van der Waals surface area contributed by atoms with Gasteiger partial charge in [-0.15, -0.1) is 0 Å². The average Bonchev–Trinajstić information content (AvgIpc) is 3.11. The maximum atomic E-state index is 13.0. The van der Waals surface area contributed by atoms with Crippen LogP contribution in [-0.4, -0.2) is 58.7 Å². The number of likely N-dealkylation sites (tertiary alicyclic amines) is 1. The van der Waals surface area contributed by atoms with Crippen LogP contribution in [0.1, 0.15) is 76.2 Å². The van der Waals surface area contributed by atoms with Crippen molar-refractivity contribution < 1.29 is 9.90 Å². The van der Waals surface area contributed by atoms with Crippen LogP contribution >= 0.6 is 0 Å². The maximum Gasteiger partial charge on any atom is 0.241 e. The fraction of sp³-hybridized carbons (Fsp3) is 0.731. The molecule has 1 spiro atoms. The van der Waals surface area contributed by atoms with Gasteiger partial charge in [-0.25, -0.2) is 0 Å². The summed E-state index contributed by atoms with van der Waals surface area (Å²) < 4.78 is 0. The van der Waals surface area contributed by atoms with Gasteiger partial charge in [0.15, 0.2) is 0 Å². The number of nitrogens with one attached hydrogen (secondary N) is 1. The molecule has 2 unspecified atom stereocenters. The van der Waals surface area contributed by atoms with Gasteiger partial charge in [0, 0.05) is 25.7 Å². The summed E-state index contributed by atoms with van der Waals surface area (Å²) in [6.45, 7) is 3.58. The van der Waals surface area contributed by atoms with Crippen molar-refractivity contribution in [1.82, 2.24) is 15.1 Å². The Kier molecular flexibility index (Phi) is 6.11. The summed E-state index contributed by atoms with van der Waals surface area (Å²) in [5.41, 5.74) is -0.0467. The van der Waals surface area contributed by atoms with E-state index in [1.54, 1.807) is 0 Å². The Morgan fingerprint density at radius 1 is 0.935 bits per heavy atom. The van der Waals surface area contributed by atoms with Gasteiger partial charge in [0.1, 0.15) is 11.1 Å². The Labute approximate surface area is 187 Å². The molecule has 0 aromatic heterocycles. The number of piperidine rings is 1. The number of hydrogen-bond acceptors (Lipinski definition) is 4. The van der Waals surface area contributed by atoms with Crippen molar-refractivity contribution in [2.75, 3.05) is 26.3 Å². The lowest BCUT2D eigenvalue weighted by molar-refractivity contribution is -0.133. The van der Waals surface area contributed by atoms with Gasteiger partial charge in [0.2, 0.25) is 5.91 Å². The van der Waals surface area contributed by atoms with E-state index in [9.17, 15) is 9.90 Å². The van der Waals surface area contributed by atoms with Crippen molar-refractivity contribution in [1.29, 1.82) is 0 Å². The lowest BCUT2D eigenvalue weighted by atomic mass is 9.73. The SMILES string of the molecule is O=C1NCN(CC2CCCCC2)C12CCN(C1CCCCC1(O)c1ccccc1)CC2. The van der Waals surface area contributed by atoms with Crippen LogP contribution < -0.4 is 5.32 Å². The van der Waals surface area contributed by atoms with Gasteiger partial charge in [-0.05, 0) is 50.0 Å². The van der Waals surface area contributed by atoms with Crippen molar-refractivity contribution in [2.45, 2.75) is 87.8 Å². The fourth-order valence-corrected chi connectivity index (χ4v) is 6.98. The van der Waals surface area contributed by atoms with Crippen LogP contribution in [0.4, 0.5) is 0 Å². The number of carbonyl (C=O) groups is 1. The van der Waals surface area contributed by atoms with Gasteiger partial charge >= 0.3 is 0 Å². The molecule has 1 aromatic carbocycles. The highest BCUT2D eigenvalue weighted by Crippen LogP contribution is 2.43. The van der Waals surface area contributed by atoms with Gasteiger partial charge in [-0.1, -0.05) is 62.4 Å². The van der Waals surface area contributed by atoms with Crippen molar-refractivity contribution in [3.05, 3.63) is 35.9 Å². The minimum absolute atomic E-state index is 0.150. The number of amides is 1. The third-order valence-electron chi connectivity index (χ3n) is 8.84. The second-order valence-electron chi connectivity index (χ2n) is 10.5. The second-order valence-corrected chi connectivity index (χ2v) is 10.5. The molecule has 2 heterocycles. The van der Waals surface area contributed by atoms with Crippen molar-refractivity contribution in [3.8, 4) is 0 Å². The van der Waals surface area contributed by atoms with Crippen LogP contribution in [0.2, 0.25) is 0 Å². The summed E-state index contributed by atoms with van der Waals surface area (Å²) in [6.07, 6.45) is 12.6. The molecule has 2 atom stereocenters. The average molecular weight is 426 g/mol. The number of carbonyl (C=O) groups excluding carboxylic acids is 1. The zero-order chi connectivity index (χ0) is 21.3. The van der Waals surface area contributed by atoms with Crippen LogP contribution in [0.25, 0.3) is 0 Å². The first-order valence-corrected chi connectivity index (χ1v) is 12.7. The third-order valence-corrected chi connectivity index (χ3v) is 8.84. The Morgan fingerprint density at radius 2 is 1.65 bits per heavy atom. The summed E-state index contributed by atoms with van der Waals surface area (Å²) in [7, 11) is 0. The first-order valence-electron chi connectivity index (χ1n) is 12.7. The topological polar surface area (TPSA) is 55.8 Å². The van der Waals surface area contributed by atoms with Crippen LogP contribution in [0.15, 0.2) is 30.3 Å². The molecule has 1 aromatic rings. The monoisotopic (exact) mass is 425 g/mol. The highest BCUT2D eigenvalue weighted by molar-refractivity contribution is 5.88. The molecule has 1 amide bonds. The third kappa shape index (κ3) is 3.94. The molecule has 5 rings (SSSR count). The largest absolute Gasteiger partial charge is 0.384 e. The zero-order valence-electron chi connectivity index (χ0n) is 18.9. The number of hydrogen-bond donors (Lipinski definition) is 2. The smallest absolute Gasteiger partial charge is 0.241 e. The summed E-state index contributed by atoms with van der Waals surface area (Å²) >= 11 is 0. The lowest BCUT2D eigenvalue weighted by Crippen LogP contribution is -2.61. The van der Waals surface area contributed by atoms with Crippen molar-refractivity contribution in [2.24, 2.45) is 5.92 Å². The van der Waals surface area contributed by atoms with Gasteiger partial charge in [0.25, 0.3) is 0 Å². The predicted octanol–water partition coefficient (Wildman–Crippen LogP) is 3.62. The molecule has 5 heteroatoms. The molecule has 170 valence electrons. The maximum absolute atomic E-state index is 13.0. The molecule has 4 fully saturated rings. The Hall–Kier alpha value is -1.43. The zero-order valence-corrected chi connectivity index (χ0v) is 18.9. The highest BCUT2D eigenvalue weighted by atomic mass is 16.3. The molecular weight excluding hydrogens is 386 g/mol. The Balaban J connectivity index is 1.30. The second kappa shape index (κ2) is 8.84. The fourth-order valence-electron chi connectivity index (χ4n) is 6.98. The molecule has 0 bridgehead atoms. The van der Waals surface area contributed by atoms with Crippen LogP contribution in [-0.2, 0) is 10.4 Å². The van der Waals surface area contributed by atoms with Gasteiger partial charge in [-0.2, -0.15) is 0 Å². The number of nitrogens with zero attached hydrogens (tertiary/aromatic N) is 2. The van der Waals surface area contributed by atoms with E-state index in [4.69, 9.17) is 0 Å². The summed E-state index contributed by atoms with van der Waals surface area (Å²) in [5.74, 6) is 0.989. The number of aliphatic hydroxyl groups is 1. The molecule has 2 saturated carbocycles. The van der Waals surface area contributed by atoms with E-state index in [1.165, 1.54) is 38.5 Å². The van der Waals surface area contributed by atoms with Gasteiger partial charge in [-0.3, -0.25) is 14.6 Å². The molecule has 2 saturated heterocycles. The minimum atomic E-state index is -0.774. The Bertz CT molecular complexity index is 755. The van der Waals surface area contributed by atoms with E-state index >= 15 is 0 Å². The van der Waals surface area contributed by atoms with Crippen LogP contribution in [0.3, 0.4) is 0 Å². The highest BCUT2D eigenvalue weighted by Gasteiger charge is 2.53. The van der Waals surface area contributed by atoms with Crippen LogP contribution in [0.5, 0.6) is 0 Å². The van der Waals surface area contributed by atoms with Gasteiger partial charge < -0.3 is 10.4 Å². The molecule has 0 radical (unpaired) electrons. The number of rotatable bonds is 4. The molecule has 2 aliphatic carbocycles. The van der Waals surface area contributed by atoms with Crippen molar-refractivity contribution >= 4 is 5.91 Å². The molecule has 4 aliphatic rings. The van der Waals surface area contributed by atoms with E-state index in [0.29, 0.717) is 6.67 Å². The lowest BCUT2D eigenvalue weighted by Gasteiger charge is -2.51. The molecule has 2 N–H and O–H groups in total. The summed E-state index contributed by atoms with van der Waals surface area (Å²) in [4.78, 5) is 18.0. The van der Waals surface area contributed by atoms with E-state index in [0.717, 1.165) is 63.2 Å². The molecule has 31 heavy (non-hydrogen) atoms. The first kappa shape index (κ1) is 21.4.